The van der Waals surface area contributed by atoms with Crippen molar-refractivity contribution < 1.29 is 0 Å². The average molecular weight is 280 g/mol. The third-order valence-electron chi connectivity index (χ3n) is 2.84. The van der Waals surface area contributed by atoms with Gasteiger partial charge in [-0.1, -0.05) is 41.4 Å². The smallest absolute Gasteiger partial charge is 0.0640 e. The van der Waals surface area contributed by atoms with E-state index in [9.17, 15) is 0 Å². The van der Waals surface area contributed by atoms with Gasteiger partial charge in [-0.3, -0.25) is 0 Å². The third kappa shape index (κ3) is 3.18. The molecule has 0 fully saturated rings. The molecule has 0 aliphatic heterocycles. The summed E-state index contributed by atoms with van der Waals surface area (Å²) in [6.45, 7) is 4.73. The second-order valence-corrected chi connectivity index (χ2v) is 5.23. The first-order valence-corrected chi connectivity index (χ1v) is 6.57. The number of rotatable bonds is 3. The number of aryl methyl sites for hydroxylation is 2. The Kier molecular flexibility index (Phi) is 4.15. The largest absolute Gasteiger partial charge is 0.380 e. The predicted molar refractivity (Wildman–Crippen MR) is 79.7 cm³/mol. The van der Waals surface area contributed by atoms with Gasteiger partial charge >= 0.3 is 0 Å². The number of halogens is 2. The molecular weight excluding hydrogens is 265 g/mol. The molecule has 0 aliphatic carbocycles. The molecule has 0 spiro atoms. The monoisotopic (exact) mass is 279 g/mol. The molecule has 0 saturated carbocycles. The van der Waals surface area contributed by atoms with E-state index in [1.165, 1.54) is 0 Å². The van der Waals surface area contributed by atoms with Crippen molar-refractivity contribution in [2.45, 2.75) is 20.4 Å². The van der Waals surface area contributed by atoms with Crippen LogP contribution in [0.2, 0.25) is 10.0 Å². The van der Waals surface area contributed by atoms with Gasteiger partial charge in [0.05, 0.1) is 10.7 Å². The predicted octanol–water partition coefficient (Wildman–Crippen LogP) is 5.22. The van der Waals surface area contributed by atoms with Gasteiger partial charge in [-0.2, -0.15) is 0 Å². The lowest BCUT2D eigenvalue weighted by Gasteiger charge is -2.10. The quantitative estimate of drug-likeness (QED) is 0.812. The summed E-state index contributed by atoms with van der Waals surface area (Å²) in [5.41, 5.74) is 4.33. The van der Waals surface area contributed by atoms with E-state index in [4.69, 9.17) is 23.2 Å². The van der Waals surface area contributed by atoms with Crippen molar-refractivity contribution in [1.82, 2.24) is 0 Å². The van der Waals surface area contributed by atoms with Gasteiger partial charge in [-0.05, 0) is 48.7 Å². The summed E-state index contributed by atoms with van der Waals surface area (Å²) in [5.74, 6) is 0. The molecule has 1 nitrogen and oxygen atoms in total. The van der Waals surface area contributed by atoms with Crippen molar-refractivity contribution in [3.63, 3.8) is 0 Å². The molecule has 0 atom stereocenters. The average Bonchev–Trinajstić information content (AvgIpc) is 2.32. The van der Waals surface area contributed by atoms with Crippen LogP contribution >= 0.6 is 23.2 Å². The van der Waals surface area contributed by atoms with E-state index in [1.54, 1.807) is 0 Å². The Balaban J connectivity index is 2.09. The number of nitrogens with one attached hydrogen (secondary N) is 1. The summed E-state index contributed by atoms with van der Waals surface area (Å²) in [6, 6.07) is 12.0. The summed E-state index contributed by atoms with van der Waals surface area (Å²) in [6.07, 6.45) is 0. The van der Waals surface area contributed by atoms with Crippen molar-refractivity contribution in [3.05, 3.63) is 63.1 Å². The Morgan fingerprint density at radius 2 is 1.72 bits per heavy atom. The molecule has 94 valence electrons. The van der Waals surface area contributed by atoms with Gasteiger partial charge in [-0.25, -0.2) is 0 Å². The third-order valence-corrected chi connectivity index (χ3v) is 3.56. The Morgan fingerprint density at radius 1 is 0.944 bits per heavy atom. The van der Waals surface area contributed by atoms with Gasteiger partial charge in [0.25, 0.3) is 0 Å². The van der Waals surface area contributed by atoms with Crippen LogP contribution in [0, 0.1) is 13.8 Å². The van der Waals surface area contributed by atoms with E-state index in [-0.39, 0.29) is 0 Å². The topological polar surface area (TPSA) is 12.0 Å². The lowest BCUT2D eigenvalue weighted by Crippen LogP contribution is -2.00. The van der Waals surface area contributed by atoms with Gasteiger partial charge in [0.15, 0.2) is 0 Å². The zero-order valence-corrected chi connectivity index (χ0v) is 11.9. The molecular formula is C15H15Cl2N. The first kappa shape index (κ1) is 13.3. The van der Waals surface area contributed by atoms with Crippen LogP contribution in [0.25, 0.3) is 0 Å². The fraction of sp³-hybridized carbons (Fsp3) is 0.200. The lowest BCUT2D eigenvalue weighted by molar-refractivity contribution is 1.14. The van der Waals surface area contributed by atoms with Crippen LogP contribution in [0.15, 0.2) is 36.4 Å². The van der Waals surface area contributed by atoms with Crippen LogP contribution in [-0.2, 0) is 6.54 Å². The molecule has 0 heterocycles. The molecule has 0 aromatic heterocycles. The molecule has 0 unspecified atom stereocenters. The minimum absolute atomic E-state index is 0.711. The molecule has 0 radical (unpaired) electrons. The number of hydrogen-bond acceptors (Lipinski definition) is 1. The van der Waals surface area contributed by atoms with Crippen LogP contribution in [0.3, 0.4) is 0 Å². The van der Waals surface area contributed by atoms with E-state index >= 15 is 0 Å². The summed E-state index contributed by atoms with van der Waals surface area (Å²) < 4.78 is 0. The van der Waals surface area contributed by atoms with Gasteiger partial charge in [0.2, 0.25) is 0 Å². The molecule has 18 heavy (non-hydrogen) atoms. The second-order valence-electron chi connectivity index (χ2n) is 4.42. The van der Waals surface area contributed by atoms with Crippen molar-refractivity contribution in [3.8, 4) is 0 Å². The maximum Gasteiger partial charge on any atom is 0.0640 e. The van der Waals surface area contributed by atoms with Gasteiger partial charge in [0.1, 0.15) is 0 Å². The summed E-state index contributed by atoms with van der Waals surface area (Å²) in [4.78, 5) is 0. The molecule has 0 bridgehead atoms. The summed E-state index contributed by atoms with van der Waals surface area (Å²) in [7, 11) is 0. The Labute approximate surface area is 118 Å². The van der Waals surface area contributed by atoms with Crippen molar-refractivity contribution in [2.75, 3.05) is 5.32 Å². The molecule has 0 amide bonds. The Hall–Kier alpha value is -1.18. The van der Waals surface area contributed by atoms with Crippen LogP contribution < -0.4 is 5.32 Å². The maximum absolute atomic E-state index is 6.16. The first-order chi connectivity index (χ1) is 8.56. The van der Waals surface area contributed by atoms with Crippen LogP contribution in [-0.4, -0.2) is 0 Å². The first-order valence-electron chi connectivity index (χ1n) is 5.81. The van der Waals surface area contributed by atoms with Crippen LogP contribution in [0.1, 0.15) is 16.7 Å². The highest BCUT2D eigenvalue weighted by atomic mass is 35.5. The van der Waals surface area contributed by atoms with Gasteiger partial charge in [-0.15, -0.1) is 0 Å². The van der Waals surface area contributed by atoms with E-state index in [0.29, 0.717) is 6.54 Å². The van der Waals surface area contributed by atoms with Gasteiger partial charge in [0, 0.05) is 11.6 Å². The molecule has 0 saturated heterocycles. The molecule has 1 N–H and O–H groups in total. The van der Waals surface area contributed by atoms with E-state index in [0.717, 1.165) is 32.4 Å². The SMILES string of the molecule is Cc1ccc(NCc2ccc(C)c(Cl)c2)c(Cl)c1. The highest BCUT2D eigenvalue weighted by Gasteiger charge is 2.01. The standard InChI is InChI=1S/C15H15Cl2N/c1-10-3-6-15(14(17)7-10)18-9-12-5-4-11(2)13(16)8-12/h3-8,18H,9H2,1-2H3. The van der Waals surface area contributed by atoms with E-state index < -0.39 is 0 Å². The summed E-state index contributed by atoms with van der Waals surface area (Å²) in [5, 5.41) is 4.85. The zero-order chi connectivity index (χ0) is 13.1. The molecule has 0 aliphatic rings. The number of benzene rings is 2. The minimum Gasteiger partial charge on any atom is -0.380 e. The molecule has 2 aromatic carbocycles. The Bertz CT molecular complexity index is 564. The molecule has 3 heteroatoms. The Morgan fingerprint density at radius 3 is 2.39 bits per heavy atom. The molecule has 2 aromatic rings. The molecule has 2 rings (SSSR count). The van der Waals surface area contributed by atoms with Crippen LogP contribution in [0.4, 0.5) is 5.69 Å². The number of hydrogen-bond donors (Lipinski definition) is 1. The van der Waals surface area contributed by atoms with Crippen molar-refractivity contribution >= 4 is 28.9 Å². The van der Waals surface area contributed by atoms with Gasteiger partial charge < -0.3 is 5.32 Å². The number of anilines is 1. The van der Waals surface area contributed by atoms with Crippen molar-refractivity contribution in [2.24, 2.45) is 0 Å². The zero-order valence-electron chi connectivity index (χ0n) is 10.4. The summed E-state index contributed by atoms with van der Waals surface area (Å²) >= 11 is 12.3. The van der Waals surface area contributed by atoms with E-state index in [2.05, 4.69) is 11.4 Å². The highest BCUT2D eigenvalue weighted by Crippen LogP contribution is 2.24. The highest BCUT2D eigenvalue weighted by molar-refractivity contribution is 6.33. The second kappa shape index (κ2) is 5.64. The maximum atomic E-state index is 6.16. The fourth-order valence-electron chi connectivity index (χ4n) is 1.71. The normalized spacial score (nSPS) is 10.4. The van der Waals surface area contributed by atoms with Crippen molar-refractivity contribution in [1.29, 1.82) is 0 Å². The minimum atomic E-state index is 0.711. The van der Waals surface area contributed by atoms with E-state index in [1.807, 2.05) is 44.2 Å². The lowest BCUT2D eigenvalue weighted by atomic mass is 10.1. The fourth-order valence-corrected chi connectivity index (χ4v) is 2.21. The van der Waals surface area contributed by atoms with Crippen LogP contribution in [0.5, 0.6) is 0 Å².